The second kappa shape index (κ2) is 5.70. The number of hydrogen-bond acceptors (Lipinski definition) is 1. The number of aryl methyl sites for hydroxylation is 2. The molecule has 3 nitrogen and oxygen atoms in total. The standard InChI is InChI=1S/C17H24N2O/c1-6-15(10(2)3)19-17(20)13-7-8-16-14(9-13)11(4)12(5)18-16/h7-10,15,18H,6H2,1-5H3,(H,19,20). The Labute approximate surface area is 120 Å². The van der Waals surface area contributed by atoms with Gasteiger partial charge in [0.1, 0.15) is 0 Å². The molecule has 0 saturated heterocycles. The molecule has 1 aromatic carbocycles. The molecule has 0 fully saturated rings. The summed E-state index contributed by atoms with van der Waals surface area (Å²) in [7, 11) is 0. The van der Waals surface area contributed by atoms with E-state index in [0.29, 0.717) is 5.92 Å². The Hall–Kier alpha value is -1.77. The van der Waals surface area contributed by atoms with Crippen molar-refractivity contribution >= 4 is 16.8 Å². The lowest BCUT2D eigenvalue weighted by molar-refractivity contribution is 0.0925. The van der Waals surface area contributed by atoms with Crippen LogP contribution in [-0.2, 0) is 0 Å². The van der Waals surface area contributed by atoms with Crippen LogP contribution in [0.25, 0.3) is 10.9 Å². The molecule has 0 aliphatic rings. The van der Waals surface area contributed by atoms with Crippen LogP contribution in [0, 0.1) is 19.8 Å². The lowest BCUT2D eigenvalue weighted by atomic mass is 10.0. The van der Waals surface area contributed by atoms with Crippen molar-refractivity contribution in [1.82, 2.24) is 10.3 Å². The highest BCUT2D eigenvalue weighted by Gasteiger charge is 2.16. The Morgan fingerprint density at radius 2 is 2.00 bits per heavy atom. The maximum atomic E-state index is 12.4. The minimum atomic E-state index is 0.0192. The Balaban J connectivity index is 2.28. The number of carbonyl (C=O) groups is 1. The van der Waals surface area contributed by atoms with Gasteiger partial charge in [-0.15, -0.1) is 0 Å². The molecule has 108 valence electrons. The first-order valence-corrected chi connectivity index (χ1v) is 7.33. The molecule has 0 bridgehead atoms. The van der Waals surface area contributed by atoms with Crippen LogP contribution in [0.4, 0.5) is 0 Å². The fourth-order valence-corrected chi connectivity index (χ4v) is 2.59. The maximum absolute atomic E-state index is 12.4. The van der Waals surface area contributed by atoms with Gasteiger partial charge in [-0.05, 0) is 49.9 Å². The first-order chi connectivity index (χ1) is 9.43. The van der Waals surface area contributed by atoms with Crippen LogP contribution < -0.4 is 5.32 Å². The van der Waals surface area contributed by atoms with E-state index in [2.05, 4.69) is 44.9 Å². The van der Waals surface area contributed by atoms with Crippen molar-refractivity contribution in [2.45, 2.75) is 47.1 Å². The second-order valence-corrected chi connectivity index (χ2v) is 5.87. The number of rotatable bonds is 4. The van der Waals surface area contributed by atoms with E-state index in [1.807, 2.05) is 18.2 Å². The van der Waals surface area contributed by atoms with Crippen molar-refractivity contribution < 1.29 is 4.79 Å². The first-order valence-electron chi connectivity index (χ1n) is 7.33. The molecule has 0 saturated carbocycles. The van der Waals surface area contributed by atoms with Crippen molar-refractivity contribution in [3.05, 3.63) is 35.0 Å². The third-order valence-corrected chi connectivity index (χ3v) is 4.13. The number of H-pyrrole nitrogens is 1. The SMILES string of the molecule is CCC(NC(=O)c1ccc2[nH]c(C)c(C)c2c1)C(C)C. The van der Waals surface area contributed by atoms with Crippen LogP contribution in [0.1, 0.15) is 48.8 Å². The summed E-state index contributed by atoms with van der Waals surface area (Å²) >= 11 is 0. The van der Waals surface area contributed by atoms with Gasteiger partial charge in [-0.1, -0.05) is 20.8 Å². The van der Waals surface area contributed by atoms with E-state index in [1.165, 1.54) is 5.56 Å². The van der Waals surface area contributed by atoms with Gasteiger partial charge in [0, 0.05) is 28.2 Å². The Morgan fingerprint density at radius 3 is 2.60 bits per heavy atom. The van der Waals surface area contributed by atoms with Gasteiger partial charge in [0.25, 0.3) is 5.91 Å². The van der Waals surface area contributed by atoms with Gasteiger partial charge in [0.15, 0.2) is 0 Å². The molecule has 1 heterocycles. The molecule has 3 heteroatoms. The highest BCUT2D eigenvalue weighted by Crippen LogP contribution is 2.22. The number of aromatic nitrogens is 1. The summed E-state index contributed by atoms with van der Waals surface area (Å²) in [6, 6.07) is 6.09. The third-order valence-electron chi connectivity index (χ3n) is 4.13. The monoisotopic (exact) mass is 272 g/mol. The Morgan fingerprint density at radius 1 is 1.30 bits per heavy atom. The average Bonchev–Trinajstić information content (AvgIpc) is 2.70. The molecule has 1 unspecified atom stereocenters. The molecule has 20 heavy (non-hydrogen) atoms. The molecule has 1 atom stereocenters. The summed E-state index contributed by atoms with van der Waals surface area (Å²) in [6.45, 7) is 10.5. The molecular formula is C17H24N2O. The zero-order chi connectivity index (χ0) is 14.9. The van der Waals surface area contributed by atoms with Crippen LogP contribution in [-0.4, -0.2) is 16.9 Å². The molecule has 1 aromatic heterocycles. The van der Waals surface area contributed by atoms with E-state index >= 15 is 0 Å². The molecular weight excluding hydrogens is 248 g/mol. The van der Waals surface area contributed by atoms with Gasteiger partial charge in [-0.25, -0.2) is 0 Å². The lowest BCUT2D eigenvalue weighted by Crippen LogP contribution is -2.37. The maximum Gasteiger partial charge on any atom is 0.251 e. The number of nitrogens with one attached hydrogen (secondary N) is 2. The molecule has 0 radical (unpaired) electrons. The van der Waals surface area contributed by atoms with Crippen LogP contribution in [0.3, 0.4) is 0 Å². The van der Waals surface area contributed by atoms with Crippen LogP contribution in [0.15, 0.2) is 18.2 Å². The predicted molar refractivity (Wildman–Crippen MR) is 84.2 cm³/mol. The van der Waals surface area contributed by atoms with Gasteiger partial charge in [0.05, 0.1) is 0 Å². The predicted octanol–water partition coefficient (Wildman–Crippen LogP) is 3.95. The van der Waals surface area contributed by atoms with Gasteiger partial charge in [-0.2, -0.15) is 0 Å². The topological polar surface area (TPSA) is 44.9 Å². The van der Waals surface area contributed by atoms with Gasteiger partial charge in [0.2, 0.25) is 0 Å². The van der Waals surface area contributed by atoms with Crippen molar-refractivity contribution in [1.29, 1.82) is 0 Å². The minimum Gasteiger partial charge on any atom is -0.358 e. The molecule has 2 aromatic rings. The molecule has 0 aliphatic heterocycles. The van der Waals surface area contributed by atoms with Crippen molar-refractivity contribution in [2.24, 2.45) is 5.92 Å². The molecule has 0 aliphatic carbocycles. The second-order valence-electron chi connectivity index (χ2n) is 5.87. The van der Waals surface area contributed by atoms with Crippen molar-refractivity contribution in [3.63, 3.8) is 0 Å². The summed E-state index contributed by atoms with van der Waals surface area (Å²) in [5, 5.41) is 4.26. The van der Waals surface area contributed by atoms with E-state index in [4.69, 9.17) is 0 Å². The average molecular weight is 272 g/mol. The molecule has 2 rings (SSSR count). The number of hydrogen-bond donors (Lipinski definition) is 2. The smallest absolute Gasteiger partial charge is 0.251 e. The fraction of sp³-hybridized carbons (Fsp3) is 0.471. The largest absolute Gasteiger partial charge is 0.358 e. The van der Waals surface area contributed by atoms with E-state index in [1.54, 1.807) is 0 Å². The Bertz CT molecular complexity index is 625. The number of benzene rings is 1. The minimum absolute atomic E-state index is 0.0192. The zero-order valence-electron chi connectivity index (χ0n) is 13.0. The number of amides is 1. The summed E-state index contributed by atoms with van der Waals surface area (Å²) < 4.78 is 0. The van der Waals surface area contributed by atoms with Crippen LogP contribution in [0.2, 0.25) is 0 Å². The van der Waals surface area contributed by atoms with Crippen LogP contribution >= 0.6 is 0 Å². The highest BCUT2D eigenvalue weighted by atomic mass is 16.1. The van der Waals surface area contributed by atoms with Gasteiger partial charge in [-0.3, -0.25) is 4.79 Å². The molecule has 0 spiro atoms. The van der Waals surface area contributed by atoms with E-state index in [-0.39, 0.29) is 11.9 Å². The highest BCUT2D eigenvalue weighted by molar-refractivity contribution is 5.99. The van der Waals surface area contributed by atoms with E-state index in [0.717, 1.165) is 28.6 Å². The Kier molecular flexibility index (Phi) is 4.17. The number of carbonyl (C=O) groups excluding carboxylic acids is 1. The third kappa shape index (κ3) is 2.72. The van der Waals surface area contributed by atoms with Crippen molar-refractivity contribution in [2.75, 3.05) is 0 Å². The first kappa shape index (κ1) is 14.6. The lowest BCUT2D eigenvalue weighted by Gasteiger charge is -2.20. The quantitative estimate of drug-likeness (QED) is 0.869. The fourth-order valence-electron chi connectivity index (χ4n) is 2.59. The molecule has 1 amide bonds. The molecule has 2 N–H and O–H groups in total. The van der Waals surface area contributed by atoms with Crippen molar-refractivity contribution in [3.8, 4) is 0 Å². The van der Waals surface area contributed by atoms with E-state index in [9.17, 15) is 4.79 Å². The zero-order valence-corrected chi connectivity index (χ0v) is 13.0. The number of aromatic amines is 1. The number of fused-ring (bicyclic) bond motifs is 1. The van der Waals surface area contributed by atoms with Crippen LogP contribution in [0.5, 0.6) is 0 Å². The van der Waals surface area contributed by atoms with Gasteiger partial charge >= 0.3 is 0 Å². The summed E-state index contributed by atoms with van der Waals surface area (Å²) in [5.74, 6) is 0.467. The van der Waals surface area contributed by atoms with E-state index < -0.39 is 0 Å². The normalized spacial score (nSPS) is 12.9. The summed E-state index contributed by atoms with van der Waals surface area (Å²) in [5.41, 5.74) is 4.20. The summed E-state index contributed by atoms with van der Waals surface area (Å²) in [6.07, 6.45) is 0.952. The van der Waals surface area contributed by atoms with Gasteiger partial charge < -0.3 is 10.3 Å². The summed E-state index contributed by atoms with van der Waals surface area (Å²) in [4.78, 5) is 15.7.